The standard InChI is InChI=1S/C13H20N2O5/c1-2-5-15(10-7-20-6-8(10)13(18)19)12(17)9-3-4-11(16)14-9/h8-10H,2-7H2,1H3,(H,14,16)(H,18,19). The lowest BCUT2D eigenvalue weighted by molar-refractivity contribution is -0.146. The first-order valence-corrected chi connectivity index (χ1v) is 6.95. The van der Waals surface area contributed by atoms with Crippen LogP contribution in [0.15, 0.2) is 0 Å². The topological polar surface area (TPSA) is 95.9 Å². The number of carboxylic acids is 1. The molecular formula is C13H20N2O5. The molecule has 0 spiro atoms. The van der Waals surface area contributed by atoms with Gasteiger partial charge in [0.1, 0.15) is 12.0 Å². The van der Waals surface area contributed by atoms with Crippen LogP contribution in [0.25, 0.3) is 0 Å². The Balaban J connectivity index is 2.11. The Labute approximate surface area is 117 Å². The summed E-state index contributed by atoms with van der Waals surface area (Å²) >= 11 is 0. The molecule has 0 aliphatic carbocycles. The predicted octanol–water partition coefficient (Wildman–Crippen LogP) is -0.397. The molecule has 3 unspecified atom stereocenters. The van der Waals surface area contributed by atoms with Crippen molar-refractivity contribution in [1.82, 2.24) is 10.2 Å². The lowest BCUT2D eigenvalue weighted by Crippen LogP contribution is -2.52. The van der Waals surface area contributed by atoms with E-state index in [0.717, 1.165) is 6.42 Å². The van der Waals surface area contributed by atoms with E-state index in [1.165, 1.54) is 0 Å². The van der Waals surface area contributed by atoms with Gasteiger partial charge < -0.3 is 20.1 Å². The molecule has 2 heterocycles. The van der Waals surface area contributed by atoms with Crippen LogP contribution < -0.4 is 5.32 Å². The molecule has 2 saturated heterocycles. The Bertz CT molecular complexity index is 412. The highest BCUT2D eigenvalue weighted by Crippen LogP contribution is 2.22. The molecule has 2 aliphatic rings. The number of hydrogen-bond acceptors (Lipinski definition) is 4. The monoisotopic (exact) mass is 284 g/mol. The van der Waals surface area contributed by atoms with Gasteiger partial charge in [0.05, 0.1) is 19.3 Å². The molecule has 0 aromatic carbocycles. The van der Waals surface area contributed by atoms with E-state index in [0.29, 0.717) is 19.4 Å². The van der Waals surface area contributed by atoms with Gasteiger partial charge in [-0.25, -0.2) is 0 Å². The van der Waals surface area contributed by atoms with Crippen molar-refractivity contribution in [1.29, 1.82) is 0 Å². The third-order valence-corrected chi connectivity index (χ3v) is 3.81. The SMILES string of the molecule is CCCN(C(=O)C1CCC(=O)N1)C1COCC1C(=O)O. The third-order valence-electron chi connectivity index (χ3n) is 3.81. The predicted molar refractivity (Wildman–Crippen MR) is 68.9 cm³/mol. The van der Waals surface area contributed by atoms with E-state index in [1.54, 1.807) is 4.90 Å². The summed E-state index contributed by atoms with van der Waals surface area (Å²) in [5.41, 5.74) is 0. The highest BCUT2D eigenvalue weighted by Gasteiger charge is 2.42. The van der Waals surface area contributed by atoms with Crippen LogP contribution >= 0.6 is 0 Å². The van der Waals surface area contributed by atoms with Gasteiger partial charge in [-0.1, -0.05) is 6.92 Å². The Kier molecular flexibility index (Phi) is 4.59. The van der Waals surface area contributed by atoms with Crippen molar-refractivity contribution in [3.05, 3.63) is 0 Å². The van der Waals surface area contributed by atoms with Crippen LogP contribution in [0.5, 0.6) is 0 Å². The van der Waals surface area contributed by atoms with E-state index in [9.17, 15) is 19.5 Å². The maximum absolute atomic E-state index is 12.5. The van der Waals surface area contributed by atoms with E-state index in [1.807, 2.05) is 6.92 Å². The molecule has 0 saturated carbocycles. The summed E-state index contributed by atoms with van der Waals surface area (Å²) in [7, 11) is 0. The summed E-state index contributed by atoms with van der Waals surface area (Å²) in [6.45, 7) is 2.77. The van der Waals surface area contributed by atoms with Crippen LogP contribution in [0, 0.1) is 5.92 Å². The van der Waals surface area contributed by atoms with Gasteiger partial charge >= 0.3 is 5.97 Å². The summed E-state index contributed by atoms with van der Waals surface area (Å²) < 4.78 is 5.23. The number of amides is 2. The fraction of sp³-hybridized carbons (Fsp3) is 0.769. The average molecular weight is 284 g/mol. The second-order valence-corrected chi connectivity index (χ2v) is 5.24. The molecule has 3 atom stereocenters. The van der Waals surface area contributed by atoms with Gasteiger partial charge in [0.2, 0.25) is 11.8 Å². The summed E-state index contributed by atoms with van der Waals surface area (Å²) in [5.74, 6) is -1.96. The number of carbonyl (C=O) groups excluding carboxylic acids is 2. The van der Waals surface area contributed by atoms with Crippen LogP contribution in [0.3, 0.4) is 0 Å². The lowest BCUT2D eigenvalue weighted by Gasteiger charge is -2.32. The molecule has 0 aromatic heterocycles. The molecule has 0 radical (unpaired) electrons. The highest BCUT2D eigenvalue weighted by molar-refractivity contribution is 5.91. The number of aliphatic carboxylic acids is 1. The Morgan fingerprint density at radius 1 is 1.45 bits per heavy atom. The zero-order valence-corrected chi connectivity index (χ0v) is 11.5. The van der Waals surface area contributed by atoms with E-state index < -0.39 is 24.0 Å². The van der Waals surface area contributed by atoms with Crippen LogP contribution in [0.1, 0.15) is 26.2 Å². The van der Waals surface area contributed by atoms with Crippen molar-refractivity contribution in [3.63, 3.8) is 0 Å². The summed E-state index contributed by atoms with van der Waals surface area (Å²) in [6.07, 6.45) is 1.55. The van der Waals surface area contributed by atoms with Gasteiger partial charge in [0.15, 0.2) is 0 Å². The maximum Gasteiger partial charge on any atom is 0.311 e. The van der Waals surface area contributed by atoms with Crippen molar-refractivity contribution >= 4 is 17.8 Å². The molecule has 7 heteroatoms. The van der Waals surface area contributed by atoms with Crippen molar-refractivity contribution in [2.24, 2.45) is 5.92 Å². The number of ether oxygens (including phenoxy) is 1. The molecule has 2 N–H and O–H groups in total. The first-order valence-electron chi connectivity index (χ1n) is 6.95. The molecule has 2 aliphatic heterocycles. The third kappa shape index (κ3) is 2.92. The van der Waals surface area contributed by atoms with Crippen LogP contribution in [-0.2, 0) is 19.1 Å². The molecule has 112 valence electrons. The Hall–Kier alpha value is -1.63. The molecule has 0 bridgehead atoms. The zero-order valence-electron chi connectivity index (χ0n) is 11.5. The van der Waals surface area contributed by atoms with Crippen molar-refractivity contribution in [2.45, 2.75) is 38.3 Å². The van der Waals surface area contributed by atoms with Gasteiger partial charge in [-0.05, 0) is 12.8 Å². The Morgan fingerprint density at radius 2 is 2.20 bits per heavy atom. The van der Waals surface area contributed by atoms with E-state index in [4.69, 9.17) is 4.74 Å². The molecule has 2 amide bonds. The van der Waals surface area contributed by atoms with Crippen molar-refractivity contribution in [3.8, 4) is 0 Å². The van der Waals surface area contributed by atoms with E-state index >= 15 is 0 Å². The summed E-state index contributed by atoms with van der Waals surface area (Å²) in [6, 6.07) is -0.971. The fourth-order valence-electron chi connectivity index (χ4n) is 2.77. The van der Waals surface area contributed by atoms with Gasteiger partial charge in [-0.2, -0.15) is 0 Å². The fourth-order valence-corrected chi connectivity index (χ4v) is 2.77. The largest absolute Gasteiger partial charge is 0.481 e. The number of rotatable bonds is 5. The van der Waals surface area contributed by atoms with E-state index in [-0.39, 0.29) is 25.0 Å². The minimum Gasteiger partial charge on any atom is -0.481 e. The summed E-state index contributed by atoms with van der Waals surface area (Å²) in [5, 5.41) is 11.8. The van der Waals surface area contributed by atoms with Gasteiger partial charge in [0.25, 0.3) is 0 Å². The normalized spacial score (nSPS) is 29.2. The van der Waals surface area contributed by atoms with Crippen LogP contribution in [0.2, 0.25) is 0 Å². The summed E-state index contributed by atoms with van der Waals surface area (Å²) in [4.78, 5) is 36.5. The first kappa shape index (κ1) is 14.8. The number of hydrogen-bond donors (Lipinski definition) is 2. The van der Waals surface area contributed by atoms with Gasteiger partial charge in [-0.15, -0.1) is 0 Å². The second kappa shape index (κ2) is 6.21. The minimum absolute atomic E-state index is 0.128. The molecule has 2 fully saturated rings. The zero-order chi connectivity index (χ0) is 14.7. The van der Waals surface area contributed by atoms with Crippen molar-refractivity contribution in [2.75, 3.05) is 19.8 Å². The molecule has 20 heavy (non-hydrogen) atoms. The quantitative estimate of drug-likeness (QED) is 0.716. The smallest absolute Gasteiger partial charge is 0.311 e. The van der Waals surface area contributed by atoms with E-state index in [2.05, 4.69) is 5.32 Å². The minimum atomic E-state index is -0.947. The van der Waals surface area contributed by atoms with Crippen molar-refractivity contribution < 1.29 is 24.2 Å². The number of nitrogens with one attached hydrogen (secondary N) is 1. The maximum atomic E-state index is 12.5. The van der Waals surface area contributed by atoms with Crippen LogP contribution in [-0.4, -0.2) is 59.6 Å². The second-order valence-electron chi connectivity index (χ2n) is 5.24. The molecule has 0 aromatic rings. The number of carboxylic acid groups (broad SMARTS) is 1. The molecular weight excluding hydrogens is 264 g/mol. The van der Waals surface area contributed by atoms with Gasteiger partial charge in [0, 0.05) is 13.0 Å². The lowest BCUT2D eigenvalue weighted by atomic mass is 10.0. The highest BCUT2D eigenvalue weighted by atomic mass is 16.5. The number of nitrogens with zero attached hydrogens (tertiary/aromatic N) is 1. The van der Waals surface area contributed by atoms with Gasteiger partial charge in [-0.3, -0.25) is 14.4 Å². The number of carbonyl (C=O) groups is 3. The van der Waals surface area contributed by atoms with Crippen LogP contribution in [0.4, 0.5) is 0 Å². The average Bonchev–Trinajstić information content (AvgIpc) is 3.03. The molecule has 2 rings (SSSR count). The Morgan fingerprint density at radius 3 is 2.75 bits per heavy atom. The molecule has 7 nitrogen and oxygen atoms in total. The first-order chi connectivity index (χ1) is 9.54.